The predicted octanol–water partition coefficient (Wildman–Crippen LogP) is 3.06. The van der Waals surface area contributed by atoms with Gasteiger partial charge in [0.25, 0.3) is 0 Å². The molecular weight excluding hydrogens is 256 g/mol. The molecule has 0 spiro atoms. The smallest absolute Gasteiger partial charge is 0.144 e. The van der Waals surface area contributed by atoms with Crippen molar-refractivity contribution in [2.45, 2.75) is 44.6 Å². The van der Waals surface area contributed by atoms with Crippen molar-refractivity contribution in [2.75, 3.05) is 0 Å². The lowest BCUT2D eigenvalue weighted by atomic mass is 10.1. The molecule has 1 atom stereocenters. The molecule has 0 saturated heterocycles. The number of halogens is 1. The highest BCUT2D eigenvalue weighted by atomic mass is 79.9. The lowest BCUT2D eigenvalue weighted by molar-refractivity contribution is -0.110. The summed E-state index contributed by atoms with van der Waals surface area (Å²) < 4.78 is 2.79. The third kappa shape index (κ3) is 2.14. The fraction of sp³-hybridized carbons (Fsp3) is 0.636. The van der Waals surface area contributed by atoms with Crippen LogP contribution in [0.2, 0.25) is 0 Å². The minimum atomic E-state index is -0.170. The Morgan fingerprint density at radius 2 is 2.27 bits per heavy atom. The van der Waals surface area contributed by atoms with Crippen molar-refractivity contribution >= 4 is 22.2 Å². The van der Waals surface area contributed by atoms with Crippen LogP contribution in [0.3, 0.4) is 0 Å². The van der Waals surface area contributed by atoms with Crippen LogP contribution in [0.4, 0.5) is 0 Å². The molecule has 3 nitrogen and oxygen atoms in total. The highest BCUT2D eigenvalue weighted by molar-refractivity contribution is 9.10. The van der Waals surface area contributed by atoms with Gasteiger partial charge in [-0.3, -0.25) is 4.68 Å². The maximum atomic E-state index is 10.7. The summed E-state index contributed by atoms with van der Waals surface area (Å²) in [6.07, 6.45) is 7.88. The minimum Gasteiger partial charge on any atom is -0.301 e. The standard InChI is InChI=1S/C11H15BrN2O/c1-8(7-15)14-6-10(12)11(13-14)9-4-2-3-5-9/h6-9H,2-5H2,1H3. The van der Waals surface area contributed by atoms with Crippen molar-refractivity contribution in [3.63, 3.8) is 0 Å². The molecule has 1 unspecified atom stereocenters. The Morgan fingerprint density at radius 3 is 2.87 bits per heavy atom. The summed E-state index contributed by atoms with van der Waals surface area (Å²) in [7, 11) is 0. The van der Waals surface area contributed by atoms with E-state index in [-0.39, 0.29) is 6.04 Å². The maximum Gasteiger partial charge on any atom is 0.144 e. The normalized spacial score (nSPS) is 19.3. The number of carbonyl (C=O) groups is 1. The molecule has 82 valence electrons. The topological polar surface area (TPSA) is 34.9 Å². The van der Waals surface area contributed by atoms with Gasteiger partial charge in [-0.2, -0.15) is 5.10 Å². The van der Waals surface area contributed by atoms with Crippen molar-refractivity contribution in [3.05, 3.63) is 16.4 Å². The van der Waals surface area contributed by atoms with Crippen molar-refractivity contribution in [1.82, 2.24) is 9.78 Å². The maximum absolute atomic E-state index is 10.7. The summed E-state index contributed by atoms with van der Waals surface area (Å²) in [6, 6.07) is -0.170. The SMILES string of the molecule is CC(C=O)n1cc(Br)c(C2CCCC2)n1. The molecule has 0 bridgehead atoms. The fourth-order valence-corrected chi connectivity index (χ4v) is 2.74. The second-order valence-electron chi connectivity index (χ2n) is 4.20. The van der Waals surface area contributed by atoms with Gasteiger partial charge in [0, 0.05) is 12.1 Å². The summed E-state index contributed by atoms with van der Waals surface area (Å²) in [5.41, 5.74) is 1.13. The average Bonchev–Trinajstić information content (AvgIpc) is 2.84. The molecule has 1 aliphatic rings. The Hall–Kier alpha value is -0.640. The molecule has 1 fully saturated rings. The molecule has 1 aliphatic carbocycles. The van der Waals surface area contributed by atoms with Gasteiger partial charge in [0.15, 0.2) is 0 Å². The van der Waals surface area contributed by atoms with Crippen LogP contribution in [-0.4, -0.2) is 16.1 Å². The fourth-order valence-electron chi connectivity index (χ4n) is 2.13. The number of nitrogens with zero attached hydrogens (tertiary/aromatic N) is 2. The van der Waals surface area contributed by atoms with Crippen LogP contribution < -0.4 is 0 Å². The van der Waals surface area contributed by atoms with E-state index in [2.05, 4.69) is 21.0 Å². The van der Waals surface area contributed by atoms with Gasteiger partial charge in [-0.1, -0.05) is 12.8 Å². The Labute approximate surface area is 98.0 Å². The minimum absolute atomic E-state index is 0.170. The first-order valence-corrected chi connectivity index (χ1v) is 6.21. The number of aromatic nitrogens is 2. The molecule has 4 heteroatoms. The van der Waals surface area contributed by atoms with E-state index in [1.807, 2.05) is 13.1 Å². The number of aldehydes is 1. The predicted molar refractivity (Wildman–Crippen MR) is 61.9 cm³/mol. The summed E-state index contributed by atoms with van der Waals surface area (Å²) in [5, 5.41) is 4.50. The van der Waals surface area contributed by atoms with Crippen LogP contribution >= 0.6 is 15.9 Å². The molecule has 0 aromatic carbocycles. The van der Waals surface area contributed by atoms with E-state index in [9.17, 15) is 4.79 Å². The highest BCUT2D eigenvalue weighted by Gasteiger charge is 2.23. The van der Waals surface area contributed by atoms with Gasteiger partial charge in [0.1, 0.15) is 12.3 Å². The van der Waals surface area contributed by atoms with Gasteiger partial charge < -0.3 is 4.79 Å². The van der Waals surface area contributed by atoms with Crippen LogP contribution in [0, 0.1) is 0 Å². The third-order valence-electron chi connectivity index (χ3n) is 3.07. The number of hydrogen-bond donors (Lipinski definition) is 0. The van der Waals surface area contributed by atoms with E-state index in [1.165, 1.54) is 25.7 Å². The van der Waals surface area contributed by atoms with E-state index in [1.54, 1.807) is 4.68 Å². The third-order valence-corrected chi connectivity index (χ3v) is 3.68. The van der Waals surface area contributed by atoms with Gasteiger partial charge in [-0.25, -0.2) is 0 Å². The summed E-state index contributed by atoms with van der Waals surface area (Å²) in [5.74, 6) is 0.583. The number of carbonyl (C=O) groups excluding carboxylic acids is 1. The van der Waals surface area contributed by atoms with E-state index in [0.29, 0.717) is 5.92 Å². The Bertz CT molecular complexity index is 355. The Balaban J connectivity index is 2.24. The Morgan fingerprint density at radius 1 is 1.60 bits per heavy atom. The lowest BCUT2D eigenvalue weighted by Crippen LogP contribution is -2.07. The molecule has 0 amide bonds. The van der Waals surface area contributed by atoms with Gasteiger partial charge in [-0.05, 0) is 35.7 Å². The number of hydrogen-bond acceptors (Lipinski definition) is 2. The van der Waals surface area contributed by atoms with E-state index in [4.69, 9.17) is 0 Å². The monoisotopic (exact) mass is 270 g/mol. The molecular formula is C11H15BrN2O. The lowest BCUT2D eigenvalue weighted by Gasteiger charge is -2.06. The zero-order valence-corrected chi connectivity index (χ0v) is 10.4. The van der Waals surface area contributed by atoms with Gasteiger partial charge in [-0.15, -0.1) is 0 Å². The number of rotatable bonds is 3. The van der Waals surface area contributed by atoms with Crippen molar-refractivity contribution < 1.29 is 4.79 Å². The molecule has 2 rings (SSSR count). The first kappa shape index (κ1) is 10.9. The first-order valence-electron chi connectivity index (χ1n) is 5.42. The average molecular weight is 271 g/mol. The van der Waals surface area contributed by atoms with Crippen molar-refractivity contribution in [1.29, 1.82) is 0 Å². The van der Waals surface area contributed by atoms with Crippen LogP contribution in [-0.2, 0) is 4.79 Å². The van der Waals surface area contributed by atoms with E-state index >= 15 is 0 Å². The van der Waals surface area contributed by atoms with Crippen molar-refractivity contribution in [3.8, 4) is 0 Å². The molecule has 1 heterocycles. The molecule has 0 radical (unpaired) electrons. The second kappa shape index (κ2) is 4.47. The van der Waals surface area contributed by atoms with Crippen LogP contribution in [0.15, 0.2) is 10.7 Å². The highest BCUT2D eigenvalue weighted by Crippen LogP contribution is 2.36. The molecule has 1 saturated carbocycles. The van der Waals surface area contributed by atoms with Crippen LogP contribution in [0.1, 0.15) is 50.3 Å². The first-order chi connectivity index (χ1) is 7.22. The zero-order chi connectivity index (χ0) is 10.8. The summed E-state index contributed by atoms with van der Waals surface area (Å²) in [6.45, 7) is 1.85. The molecule has 0 aliphatic heterocycles. The molecule has 1 aromatic heterocycles. The van der Waals surface area contributed by atoms with E-state index in [0.717, 1.165) is 16.5 Å². The summed E-state index contributed by atoms with van der Waals surface area (Å²) >= 11 is 3.53. The van der Waals surface area contributed by atoms with Crippen molar-refractivity contribution in [2.24, 2.45) is 0 Å². The molecule has 15 heavy (non-hydrogen) atoms. The molecule has 1 aromatic rings. The zero-order valence-electron chi connectivity index (χ0n) is 8.82. The van der Waals surface area contributed by atoms with Gasteiger partial charge >= 0.3 is 0 Å². The van der Waals surface area contributed by atoms with Crippen LogP contribution in [0.5, 0.6) is 0 Å². The molecule has 0 N–H and O–H groups in total. The van der Waals surface area contributed by atoms with Crippen LogP contribution in [0.25, 0.3) is 0 Å². The van der Waals surface area contributed by atoms with Gasteiger partial charge in [0.05, 0.1) is 10.2 Å². The Kier molecular flexibility index (Phi) is 3.24. The summed E-state index contributed by atoms with van der Waals surface area (Å²) in [4.78, 5) is 10.7. The second-order valence-corrected chi connectivity index (χ2v) is 5.05. The quantitative estimate of drug-likeness (QED) is 0.792. The largest absolute Gasteiger partial charge is 0.301 e. The van der Waals surface area contributed by atoms with E-state index < -0.39 is 0 Å². The van der Waals surface area contributed by atoms with Gasteiger partial charge in [0.2, 0.25) is 0 Å².